The van der Waals surface area contributed by atoms with Gasteiger partial charge >= 0.3 is 5.97 Å². The lowest BCUT2D eigenvalue weighted by atomic mass is 10.3. The van der Waals surface area contributed by atoms with Gasteiger partial charge in [-0.15, -0.1) is 22.7 Å². The molecule has 0 saturated carbocycles. The van der Waals surface area contributed by atoms with Gasteiger partial charge in [0.15, 0.2) is 0 Å². The number of thiol groups is 1. The molecule has 0 fully saturated rings. The van der Waals surface area contributed by atoms with Crippen molar-refractivity contribution in [2.75, 3.05) is 6.61 Å². The van der Waals surface area contributed by atoms with Gasteiger partial charge in [-0.05, 0) is 13.3 Å². The largest absolute Gasteiger partial charge is 0.481 e. The average molecular weight is 262 g/mol. The molecule has 0 radical (unpaired) electrons. The Morgan fingerprint density at radius 1 is 1.59 bits per heavy atom. The first-order valence-electron chi connectivity index (χ1n) is 4.83. The molecule has 7 nitrogen and oxygen atoms in total. The summed E-state index contributed by atoms with van der Waals surface area (Å²) in [5, 5.41) is 17.4. The molecule has 1 N–H and O–H groups in total. The predicted octanol–water partition coefficient (Wildman–Crippen LogP) is 1.68. The third-order valence-corrected chi connectivity index (χ3v) is 2.27. The molecule has 0 aliphatic heterocycles. The maximum atomic E-state index is 10.2. The quantitative estimate of drug-likeness (QED) is 0.300. The molecule has 0 aromatic rings. The van der Waals surface area contributed by atoms with Crippen molar-refractivity contribution in [3.8, 4) is 0 Å². The molecular weight excluding hydrogens is 248 g/mol. The number of aliphatic carboxylic acids is 1. The molecule has 96 valence electrons. The molecule has 0 unspecified atom stereocenters. The molecule has 0 rings (SSSR count). The van der Waals surface area contributed by atoms with Gasteiger partial charge in [0.2, 0.25) is 0 Å². The number of carboxylic acid groups (broad SMARTS) is 1. The zero-order chi connectivity index (χ0) is 13.3. The molecule has 0 atom stereocenters. The minimum Gasteiger partial charge on any atom is -0.481 e. The van der Waals surface area contributed by atoms with Crippen molar-refractivity contribution in [2.45, 2.75) is 26.2 Å². The van der Waals surface area contributed by atoms with E-state index < -0.39 is 11.1 Å². The van der Waals surface area contributed by atoms with E-state index in [0.717, 1.165) is 0 Å². The van der Waals surface area contributed by atoms with Gasteiger partial charge in [0.05, 0.1) is 6.42 Å². The number of aliphatic imine (C=N–C) groups is 1. The number of allylic oxidation sites excluding steroid dienone is 1. The number of rotatable bonds is 8. The maximum Gasteiger partial charge on any atom is 0.303 e. The fraction of sp³-hybridized carbons (Fsp3) is 0.556. The van der Waals surface area contributed by atoms with E-state index in [-0.39, 0.29) is 19.4 Å². The second kappa shape index (κ2) is 8.57. The van der Waals surface area contributed by atoms with Crippen LogP contribution in [0.3, 0.4) is 0 Å². The second-order valence-electron chi connectivity index (χ2n) is 3.08. The zero-order valence-corrected chi connectivity index (χ0v) is 10.2. The summed E-state index contributed by atoms with van der Waals surface area (Å²) >= 11 is 4.12. The smallest absolute Gasteiger partial charge is 0.303 e. The Balaban J connectivity index is 4.02. The van der Waals surface area contributed by atoms with E-state index in [1.165, 1.54) is 6.21 Å². The second-order valence-corrected chi connectivity index (χ2v) is 3.62. The van der Waals surface area contributed by atoms with Crippen LogP contribution in [0.2, 0.25) is 0 Å². The van der Waals surface area contributed by atoms with E-state index in [1.807, 2.05) is 0 Å². The van der Waals surface area contributed by atoms with Crippen molar-refractivity contribution in [1.82, 2.24) is 0 Å². The average Bonchev–Trinajstić information content (AvgIpc) is 2.23. The normalized spacial score (nSPS) is 12.4. The first-order valence-corrected chi connectivity index (χ1v) is 5.28. The molecule has 17 heavy (non-hydrogen) atoms. The summed E-state index contributed by atoms with van der Waals surface area (Å²) in [7, 11) is 0. The van der Waals surface area contributed by atoms with Crippen molar-refractivity contribution in [3.63, 3.8) is 0 Å². The van der Waals surface area contributed by atoms with Crippen LogP contribution in [0.1, 0.15) is 26.2 Å². The standard InChI is InChI=1S/C9H14N2O5S/c1-7(10-5-2-3-9(12)13)8(17)4-6-16-11(14)15/h5,17H,2-4,6H2,1H3,(H,12,13)/b8-7-,10-5?. The van der Waals surface area contributed by atoms with Crippen LogP contribution in [0.4, 0.5) is 0 Å². The monoisotopic (exact) mass is 262 g/mol. The number of carbonyl (C=O) groups is 1. The molecule has 0 aliphatic rings. The van der Waals surface area contributed by atoms with Crippen LogP contribution in [0, 0.1) is 10.1 Å². The lowest BCUT2D eigenvalue weighted by Crippen LogP contribution is -2.02. The van der Waals surface area contributed by atoms with Crippen molar-refractivity contribution in [1.29, 1.82) is 0 Å². The maximum absolute atomic E-state index is 10.2. The summed E-state index contributed by atoms with van der Waals surface area (Å²) in [6, 6.07) is 0. The Morgan fingerprint density at radius 2 is 2.24 bits per heavy atom. The van der Waals surface area contributed by atoms with E-state index in [9.17, 15) is 14.9 Å². The summed E-state index contributed by atoms with van der Waals surface area (Å²) in [5.74, 6) is -0.886. The molecule has 0 aromatic heterocycles. The van der Waals surface area contributed by atoms with Crippen molar-refractivity contribution >= 4 is 24.8 Å². The molecule has 0 saturated heterocycles. The van der Waals surface area contributed by atoms with Crippen LogP contribution in [0.25, 0.3) is 0 Å². The first kappa shape index (κ1) is 15.4. The highest BCUT2D eigenvalue weighted by atomic mass is 32.1. The fourth-order valence-electron chi connectivity index (χ4n) is 0.862. The topological polar surface area (TPSA) is 102 Å². The summed E-state index contributed by atoms with van der Waals surface area (Å²) in [4.78, 5) is 28.8. The molecule has 0 spiro atoms. The van der Waals surface area contributed by atoms with Gasteiger partial charge in [-0.3, -0.25) is 9.79 Å². The summed E-state index contributed by atoms with van der Waals surface area (Å²) in [5.41, 5.74) is 0.589. The molecule has 0 aliphatic carbocycles. The van der Waals surface area contributed by atoms with E-state index in [2.05, 4.69) is 22.5 Å². The van der Waals surface area contributed by atoms with Crippen LogP contribution in [0.5, 0.6) is 0 Å². The van der Waals surface area contributed by atoms with Crippen molar-refractivity contribution in [3.05, 3.63) is 20.7 Å². The fourth-order valence-corrected chi connectivity index (χ4v) is 1.01. The van der Waals surface area contributed by atoms with E-state index in [4.69, 9.17) is 5.11 Å². The SMILES string of the molecule is C/C(N=CCCC(=O)O)=C(/S)CCO[N+](=O)[O-]. The number of nitrogens with zero attached hydrogens (tertiary/aromatic N) is 2. The van der Waals surface area contributed by atoms with Gasteiger partial charge in [0, 0.05) is 23.2 Å². The Hall–Kier alpha value is -1.57. The Kier molecular flexibility index (Phi) is 7.78. The van der Waals surface area contributed by atoms with Crippen molar-refractivity contribution in [2.24, 2.45) is 4.99 Å². The molecule has 0 aromatic carbocycles. The van der Waals surface area contributed by atoms with Gasteiger partial charge in [-0.25, -0.2) is 0 Å². The molecule has 8 heteroatoms. The Morgan fingerprint density at radius 3 is 2.76 bits per heavy atom. The molecule has 0 bridgehead atoms. The molecular formula is C9H14N2O5S. The summed E-state index contributed by atoms with van der Waals surface area (Å²) < 4.78 is 0. The van der Waals surface area contributed by atoms with Gasteiger partial charge < -0.3 is 9.94 Å². The highest BCUT2D eigenvalue weighted by Crippen LogP contribution is 2.13. The summed E-state index contributed by atoms with van der Waals surface area (Å²) in [6.07, 6.45) is 2.11. The lowest BCUT2D eigenvalue weighted by molar-refractivity contribution is -0.757. The van der Waals surface area contributed by atoms with Crippen LogP contribution < -0.4 is 0 Å². The number of hydrogen-bond acceptors (Lipinski definition) is 6. The molecule has 0 heterocycles. The van der Waals surface area contributed by atoms with Gasteiger partial charge in [0.1, 0.15) is 6.61 Å². The molecule has 0 amide bonds. The Labute approximate surface area is 104 Å². The zero-order valence-electron chi connectivity index (χ0n) is 9.33. The van der Waals surface area contributed by atoms with Gasteiger partial charge in [-0.1, -0.05) is 0 Å². The minimum atomic E-state index is -0.886. The summed E-state index contributed by atoms with van der Waals surface area (Å²) in [6.45, 7) is 1.61. The van der Waals surface area contributed by atoms with E-state index >= 15 is 0 Å². The highest BCUT2D eigenvalue weighted by molar-refractivity contribution is 7.84. The Bertz CT molecular complexity index is 340. The first-order chi connectivity index (χ1) is 7.93. The predicted molar refractivity (Wildman–Crippen MR) is 64.6 cm³/mol. The number of hydrogen-bond donors (Lipinski definition) is 2. The van der Waals surface area contributed by atoms with Crippen LogP contribution in [-0.4, -0.2) is 29.0 Å². The van der Waals surface area contributed by atoms with Crippen molar-refractivity contribution < 1.29 is 19.8 Å². The van der Waals surface area contributed by atoms with Crippen LogP contribution >= 0.6 is 12.6 Å². The van der Waals surface area contributed by atoms with Crippen LogP contribution in [-0.2, 0) is 9.63 Å². The van der Waals surface area contributed by atoms with Gasteiger partial charge in [-0.2, -0.15) is 0 Å². The number of carboxylic acids is 1. The third kappa shape index (κ3) is 9.36. The van der Waals surface area contributed by atoms with E-state index in [0.29, 0.717) is 17.0 Å². The van der Waals surface area contributed by atoms with E-state index in [1.54, 1.807) is 6.92 Å². The minimum absolute atomic E-state index is 0.0170. The highest BCUT2D eigenvalue weighted by Gasteiger charge is 2.00. The van der Waals surface area contributed by atoms with Gasteiger partial charge in [0.25, 0.3) is 5.09 Å². The lowest BCUT2D eigenvalue weighted by Gasteiger charge is -2.01. The third-order valence-electron chi connectivity index (χ3n) is 1.73. The van der Waals surface area contributed by atoms with Crippen LogP contribution in [0.15, 0.2) is 15.6 Å².